The van der Waals surface area contributed by atoms with Gasteiger partial charge in [-0.2, -0.15) is 0 Å². The van der Waals surface area contributed by atoms with E-state index in [4.69, 9.17) is 16.3 Å². The van der Waals surface area contributed by atoms with Crippen LogP contribution >= 0.6 is 11.6 Å². The van der Waals surface area contributed by atoms with E-state index in [0.717, 1.165) is 25.2 Å². The van der Waals surface area contributed by atoms with Crippen molar-refractivity contribution in [2.75, 3.05) is 48.2 Å². The molecule has 0 aliphatic carbocycles. The highest BCUT2D eigenvalue weighted by Gasteiger charge is 2.30. The summed E-state index contributed by atoms with van der Waals surface area (Å²) in [6.07, 6.45) is 2.08. The molecule has 1 N–H and O–H groups in total. The SMILES string of the molecule is Cc1cnc(N2CCCS2(=O)=O)cc1C(=O)Nc1cc(Cl)cc(CN2CCOCC2)c1. The first-order valence-corrected chi connectivity index (χ1v) is 12.2. The normalized spacial score (nSPS) is 18.8. The van der Waals surface area contributed by atoms with Crippen LogP contribution in [-0.2, 0) is 21.3 Å². The number of aryl methyl sites for hydroxylation is 1. The number of ether oxygens (including phenoxy) is 1. The van der Waals surface area contributed by atoms with Crippen molar-refractivity contribution in [2.45, 2.75) is 19.9 Å². The van der Waals surface area contributed by atoms with Gasteiger partial charge in [0.1, 0.15) is 5.82 Å². The van der Waals surface area contributed by atoms with Gasteiger partial charge < -0.3 is 10.1 Å². The largest absolute Gasteiger partial charge is 0.379 e. The molecule has 8 nitrogen and oxygen atoms in total. The zero-order valence-corrected chi connectivity index (χ0v) is 18.9. The van der Waals surface area contributed by atoms with Crippen LogP contribution in [0.15, 0.2) is 30.5 Å². The molecule has 3 heterocycles. The number of hydrogen-bond donors (Lipinski definition) is 1. The Hall–Kier alpha value is -2.20. The van der Waals surface area contributed by atoms with Crippen LogP contribution in [0.25, 0.3) is 0 Å². The summed E-state index contributed by atoms with van der Waals surface area (Å²) in [6, 6.07) is 7.03. The predicted molar refractivity (Wildman–Crippen MR) is 120 cm³/mol. The summed E-state index contributed by atoms with van der Waals surface area (Å²) < 4.78 is 31.1. The van der Waals surface area contributed by atoms with Gasteiger partial charge >= 0.3 is 0 Å². The molecule has 2 saturated heterocycles. The minimum Gasteiger partial charge on any atom is -0.379 e. The molecule has 1 amide bonds. The molecule has 0 atom stereocenters. The maximum absolute atomic E-state index is 13.0. The molecule has 2 aliphatic rings. The molecule has 2 aromatic rings. The number of anilines is 2. The van der Waals surface area contributed by atoms with Crippen molar-refractivity contribution >= 4 is 39.0 Å². The zero-order chi connectivity index (χ0) is 22.0. The van der Waals surface area contributed by atoms with E-state index in [0.29, 0.717) is 48.0 Å². The van der Waals surface area contributed by atoms with E-state index >= 15 is 0 Å². The lowest BCUT2D eigenvalue weighted by atomic mass is 10.1. The highest BCUT2D eigenvalue weighted by molar-refractivity contribution is 7.93. The molecule has 166 valence electrons. The Bertz CT molecular complexity index is 1090. The van der Waals surface area contributed by atoms with Gasteiger partial charge in [0.2, 0.25) is 10.0 Å². The van der Waals surface area contributed by atoms with E-state index in [2.05, 4.69) is 15.2 Å². The number of carbonyl (C=O) groups is 1. The van der Waals surface area contributed by atoms with Crippen molar-refractivity contribution in [2.24, 2.45) is 0 Å². The Labute approximate surface area is 187 Å². The number of halogens is 1. The van der Waals surface area contributed by atoms with Gasteiger partial charge in [0.05, 0.1) is 19.0 Å². The van der Waals surface area contributed by atoms with Gasteiger partial charge in [-0.3, -0.25) is 14.0 Å². The van der Waals surface area contributed by atoms with Gasteiger partial charge in [-0.15, -0.1) is 0 Å². The summed E-state index contributed by atoms with van der Waals surface area (Å²) in [5.41, 5.74) is 2.63. The molecule has 4 rings (SSSR count). The first kappa shape index (κ1) is 22.0. The fraction of sp³-hybridized carbons (Fsp3) is 0.429. The smallest absolute Gasteiger partial charge is 0.256 e. The Morgan fingerprint density at radius 2 is 1.97 bits per heavy atom. The van der Waals surface area contributed by atoms with Crippen LogP contribution in [0, 0.1) is 6.92 Å². The highest BCUT2D eigenvalue weighted by atomic mass is 35.5. The van der Waals surface area contributed by atoms with Crippen LogP contribution in [0.3, 0.4) is 0 Å². The van der Waals surface area contributed by atoms with Crippen molar-refractivity contribution in [3.8, 4) is 0 Å². The van der Waals surface area contributed by atoms with Crippen LogP contribution in [0.5, 0.6) is 0 Å². The minimum absolute atomic E-state index is 0.0958. The van der Waals surface area contributed by atoms with E-state index in [1.807, 2.05) is 12.1 Å². The number of amides is 1. The number of nitrogens with one attached hydrogen (secondary N) is 1. The molecule has 2 fully saturated rings. The van der Waals surface area contributed by atoms with Crippen molar-refractivity contribution in [3.63, 3.8) is 0 Å². The molecule has 1 aromatic heterocycles. The number of rotatable bonds is 5. The lowest BCUT2D eigenvalue weighted by molar-refractivity contribution is 0.0342. The molecule has 0 radical (unpaired) electrons. The summed E-state index contributed by atoms with van der Waals surface area (Å²) in [5.74, 6) is 0.0306. The molecule has 1 aromatic carbocycles. The average Bonchev–Trinajstić information content (AvgIpc) is 3.07. The molecule has 0 unspecified atom stereocenters. The third kappa shape index (κ3) is 5.17. The maximum Gasteiger partial charge on any atom is 0.256 e. The molecule has 10 heteroatoms. The van der Waals surface area contributed by atoms with Gasteiger partial charge in [-0.05, 0) is 48.7 Å². The van der Waals surface area contributed by atoms with Crippen LogP contribution in [0.1, 0.15) is 27.9 Å². The van der Waals surface area contributed by atoms with Crippen LogP contribution < -0.4 is 9.62 Å². The molecular weight excluding hydrogens is 440 g/mol. The summed E-state index contributed by atoms with van der Waals surface area (Å²) >= 11 is 6.29. The van der Waals surface area contributed by atoms with E-state index in [1.165, 1.54) is 16.6 Å². The van der Waals surface area contributed by atoms with Gasteiger partial charge in [0, 0.05) is 48.6 Å². The van der Waals surface area contributed by atoms with Gasteiger partial charge in [-0.25, -0.2) is 13.4 Å². The molecular formula is C21H25ClN4O4S. The lowest BCUT2D eigenvalue weighted by Gasteiger charge is -2.26. The number of pyridine rings is 1. The number of aromatic nitrogens is 1. The fourth-order valence-corrected chi connectivity index (χ4v) is 5.58. The second kappa shape index (κ2) is 9.12. The van der Waals surface area contributed by atoms with Gasteiger partial charge in [-0.1, -0.05) is 11.6 Å². The topological polar surface area (TPSA) is 91.8 Å². The van der Waals surface area contributed by atoms with E-state index in [-0.39, 0.29) is 17.5 Å². The van der Waals surface area contributed by atoms with Crippen LogP contribution in [-0.4, -0.2) is 62.8 Å². The second-order valence-electron chi connectivity index (χ2n) is 7.79. The zero-order valence-electron chi connectivity index (χ0n) is 17.3. The Morgan fingerprint density at radius 3 is 2.68 bits per heavy atom. The summed E-state index contributed by atoms with van der Waals surface area (Å²) in [5, 5.41) is 3.43. The Morgan fingerprint density at radius 1 is 1.19 bits per heavy atom. The molecule has 0 saturated carbocycles. The van der Waals surface area contributed by atoms with Crippen molar-refractivity contribution < 1.29 is 17.9 Å². The second-order valence-corrected chi connectivity index (χ2v) is 10.2. The Balaban J connectivity index is 1.53. The lowest BCUT2D eigenvalue weighted by Crippen LogP contribution is -2.35. The van der Waals surface area contributed by atoms with Crippen molar-refractivity contribution in [1.29, 1.82) is 0 Å². The number of carbonyl (C=O) groups excluding carboxylic acids is 1. The third-order valence-electron chi connectivity index (χ3n) is 5.41. The van der Waals surface area contributed by atoms with Gasteiger partial charge in [0.25, 0.3) is 5.91 Å². The summed E-state index contributed by atoms with van der Waals surface area (Å²) in [4.78, 5) is 19.5. The van der Waals surface area contributed by atoms with Crippen LogP contribution in [0.2, 0.25) is 5.02 Å². The van der Waals surface area contributed by atoms with Crippen molar-refractivity contribution in [1.82, 2.24) is 9.88 Å². The highest BCUT2D eigenvalue weighted by Crippen LogP contribution is 2.25. The third-order valence-corrected chi connectivity index (χ3v) is 7.48. The number of morpholine rings is 1. The first-order chi connectivity index (χ1) is 14.8. The molecule has 0 bridgehead atoms. The summed E-state index contributed by atoms with van der Waals surface area (Å²) in [7, 11) is -3.37. The van der Waals surface area contributed by atoms with E-state index < -0.39 is 10.0 Å². The molecule has 2 aliphatic heterocycles. The standard InChI is InChI=1S/C21H25ClN4O4S/c1-15-13-23-20(26-3-2-8-31(26,28)29)12-19(15)21(27)24-18-10-16(9-17(22)11-18)14-25-4-6-30-7-5-25/h9-13H,2-8,14H2,1H3,(H,24,27). The van der Waals surface area contributed by atoms with E-state index in [9.17, 15) is 13.2 Å². The quantitative estimate of drug-likeness (QED) is 0.731. The average molecular weight is 465 g/mol. The number of nitrogens with zero attached hydrogens (tertiary/aromatic N) is 3. The number of sulfonamides is 1. The first-order valence-electron chi connectivity index (χ1n) is 10.2. The summed E-state index contributed by atoms with van der Waals surface area (Å²) in [6.45, 7) is 5.99. The molecule has 31 heavy (non-hydrogen) atoms. The van der Waals surface area contributed by atoms with Crippen molar-refractivity contribution in [3.05, 3.63) is 52.2 Å². The number of benzene rings is 1. The maximum atomic E-state index is 13.0. The van der Waals surface area contributed by atoms with Gasteiger partial charge in [0.15, 0.2) is 0 Å². The van der Waals surface area contributed by atoms with Crippen LogP contribution in [0.4, 0.5) is 11.5 Å². The number of hydrogen-bond acceptors (Lipinski definition) is 6. The minimum atomic E-state index is -3.37. The predicted octanol–water partition coefficient (Wildman–Crippen LogP) is 2.67. The van der Waals surface area contributed by atoms with E-state index in [1.54, 1.807) is 13.0 Å². The molecule has 0 spiro atoms. The monoisotopic (exact) mass is 464 g/mol. The fourth-order valence-electron chi connectivity index (χ4n) is 3.82. The Kier molecular flexibility index (Phi) is 6.47.